The predicted molar refractivity (Wildman–Crippen MR) is 152 cm³/mol. The lowest BCUT2D eigenvalue weighted by atomic mass is 10.0. The molecule has 0 bridgehead atoms. The topological polar surface area (TPSA) is 162 Å². The third-order valence-electron chi connectivity index (χ3n) is 6.75. The second-order valence-electron chi connectivity index (χ2n) is 9.95. The van der Waals surface area contributed by atoms with E-state index in [0.717, 1.165) is 25.7 Å². The van der Waals surface area contributed by atoms with Crippen molar-refractivity contribution in [3.8, 4) is 23.0 Å². The summed E-state index contributed by atoms with van der Waals surface area (Å²) in [6.07, 6.45) is 6.04. The van der Waals surface area contributed by atoms with Gasteiger partial charge in [-0.2, -0.15) is 4.98 Å². The van der Waals surface area contributed by atoms with E-state index in [2.05, 4.69) is 29.7 Å². The summed E-state index contributed by atoms with van der Waals surface area (Å²) in [6, 6.07) is 11.6. The average molecular weight is 597 g/mol. The summed E-state index contributed by atoms with van der Waals surface area (Å²) in [5.74, 6) is 0.306. The van der Waals surface area contributed by atoms with E-state index < -0.39 is 20.0 Å². The van der Waals surface area contributed by atoms with Crippen molar-refractivity contribution in [2.24, 2.45) is 0 Å². The van der Waals surface area contributed by atoms with Crippen LogP contribution in [0, 0.1) is 0 Å². The van der Waals surface area contributed by atoms with Crippen LogP contribution in [0.3, 0.4) is 0 Å². The van der Waals surface area contributed by atoms with Gasteiger partial charge in [0.25, 0.3) is 0 Å². The zero-order valence-electron chi connectivity index (χ0n) is 22.3. The molecule has 2 aliphatic carbocycles. The average Bonchev–Trinajstić information content (AvgIpc) is 3.91. The first-order valence-electron chi connectivity index (χ1n) is 13.0. The molecule has 214 valence electrons. The number of rotatable bonds is 11. The monoisotopic (exact) mass is 596 g/mol. The SMILES string of the molecule is COc1ncc(-c2ccc3c(Nc4cccc(S(=O)(=O)NC5CC5)c4)c(S(=O)(=O)NC4CC4)cnc3c2)c(OC)n1. The number of aromatic nitrogens is 3. The minimum atomic E-state index is -3.93. The molecule has 0 amide bonds. The van der Waals surface area contributed by atoms with Crippen LogP contribution in [0.5, 0.6) is 11.9 Å². The van der Waals surface area contributed by atoms with Gasteiger partial charge in [-0.3, -0.25) is 4.98 Å². The number of methoxy groups -OCH3 is 2. The van der Waals surface area contributed by atoms with E-state index in [1.54, 1.807) is 36.5 Å². The fraction of sp³-hybridized carbons (Fsp3) is 0.296. The Morgan fingerprint density at radius 3 is 2.24 bits per heavy atom. The molecule has 0 saturated heterocycles. The Balaban J connectivity index is 1.44. The summed E-state index contributed by atoms with van der Waals surface area (Å²) >= 11 is 0. The highest BCUT2D eigenvalue weighted by molar-refractivity contribution is 7.90. The molecule has 2 aromatic heterocycles. The Kier molecular flexibility index (Phi) is 7.01. The Labute approximate surface area is 237 Å². The van der Waals surface area contributed by atoms with Gasteiger partial charge in [-0.15, -0.1) is 0 Å². The molecule has 3 N–H and O–H groups in total. The third-order valence-corrected chi connectivity index (χ3v) is 9.80. The van der Waals surface area contributed by atoms with Gasteiger partial charge in [0.1, 0.15) is 4.90 Å². The predicted octanol–water partition coefficient (Wildman–Crippen LogP) is 3.33. The maximum atomic E-state index is 13.4. The molecule has 0 unspecified atom stereocenters. The molecule has 41 heavy (non-hydrogen) atoms. The molecule has 14 heteroatoms. The molecule has 2 aliphatic rings. The lowest BCUT2D eigenvalue weighted by molar-refractivity contribution is 0.353. The Hall–Kier alpha value is -3.85. The molecule has 2 aromatic carbocycles. The van der Waals surface area contributed by atoms with Gasteiger partial charge in [-0.1, -0.05) is 18.2 Å². The van der Waals surface area contributed by atoms with Crippen LogP contribution in [-0.2, 0) is 20.0 Å². The van der Waals surface area contributed by atoms with E-state index >= 15 is 0 Å². The number of benzene rings is 2. The molecule has 0 aliphatic heterocycles. The largest absolute Gasteiger partial charge is 0.480 e. The summed E-state index contributed by atoms with van der Waals surface area (Å²) in [5.41, 5.74) is 2.47. The van der Waals surface area contributed by atoms with Crippen LogP contribution >= 0.6 is 0 Å². The van der Waals surface area contributed by atoms with Gasteiger partial charge in [0.2, 0.25) is 25.9 Å². The van der Waals surface area contributed by atoms with Gasteiger partial charge < -0.3 is 14.8 Å². The van der Waals surface area contributed by atoms with Gasteiger partial charge in [-0.05, 0) is 55.5 Å². The van der Waals surface area contributed by atoms with E-state index in [9.17, 15) is 16.8 Å². The normalized spacial score (nSPS) is 15.6. The fourth-order valence-electron chi connectivity index (χ4n) is 4.34. The first-order chi connectivity index (χ1) is 19.7. The van der Waals surface area contributed by atoms with Gasteiger partial charge in [0, 0.05) is 35.6 Å². The Morgan fingerprint density at radius 2 is 1.56 bits per heavy atom. The van der Waals surface area contributed by atoms with Gasteiger partial charge in [-0.25, -0.2) is 31.3 Å². The van der Waals surface area contributed by atoms with Crippen LogP contribution in [-0.4, -0.2) is 58.1 Å². The summed E-state index contributed by atoms with van der Waals surface area (Å²) < 4.78 is 68.3. The lowest BCUT2D eigenvalue weighted by Crippen LogP contribution is -2.26. The van der Waals surface area contributed by atoms with Crippen molar-refractivity contribution in [1.82, 2.24) is 24.4 Å². The van der Waals surface area contributed by atoms with Crippen molar-refractivity contribution in [2.45, 2.75) is 47.6 Å². The highest BCUT2D eigenvalue weighted by Crippen LogP contribution is 2.37. The van der Waals surface area contributed by atoms with Gasteiger partial charge >= 0.3 is 6.01 Å². The molecule has 12 nitrogen and oxygen atoms in total. The number of anilines is 2. The zero-order valence-corrected chi connectivity index (χ0v) is 23.9. The number of nitrogens with one attached hydrogen (secondary N) is 3. The Morgan fingerprint density at radius 1 is 0.829 bits per heavy atom. The van der Waals surface area contributed by atoms with Crippen LogP contribution in [0.1, 0.15) is 25.7 Å². The number of pyridine rings is 1. The summed E-state index contributed by atoms with van der Waals surface area (Å²) in [7, 11) is -4.69. The molecule has 2 saturated carbocycles. The minimum Gasteiger partial charge on any atom is -0.480 e. The quantitative estimate of drug-likeness (QED) is 0.234. The fourth-order valence-corrected chi connectivity index (χ4v) is 7.11. The first-order valence-corrected chi connectivity index (χ1v) is 15.9. The summed E-state index contributed by atoms with van der Waals surface area (Å²) in [6.45, 7) is 0. The van der Waals surface area contributed by atoms with Crippen LogP contribution in [0.25, 0.3) is 22.0 Å². The van der Waals surface area contributed by atoms with Crippen molar-refractivity contribution >= 4 is 42.3 Å². The number of fused-ring (bicyclic) bond motifs is 1. The van der Waals surface area contributed by atoms with Crippen LogP contribution in [0.15, 0.2) is 64.6 Å². The van der Waals surface area contributed by atoms with Gasteiger partial charge in [0.05, 0.1) is 35.9 Å². The first kappa shape index (κ1) is 27.3. The number of ether oxygens (including phenoxy) is 2. The highest BCUT2D eigenvalue weighted by atomic mass is 32.2. The van der Waals surface area contributed by atoms with Crippen molar-refractivity contribution in [1.29, 1.82) is 0 Å². The van der Waals surface area contributed by atoms with Crippen LogP contribution in [0.2, 0.25) is 0 Å². The third kappa shape index (κ3) is 5.81. The van der Waals surface area contributed by atoms with E-state index in [4.69, 9.17) is 9.47 Å². The van der Waals surface area contributed by atoms with E-state index in [0.29, 0.717) is 33.6 Å². The standard InChI is InChI=1S/C27H28N6O6S2/c1-38-26-22(14-29-27(31-26)39-2)16-6-11-21-23(12-16)28-15-24(41(36,37)33-18-9-10-18)25(21)30-19-4-3-5-20(13-19)40(34,35)32-17-7-8-17/h3-6,11-15,17-18,32-33H,7-10H2,1-2H3,(H,28,30). The number of sulfonamides is 2. The smallest absolute Gasteiger partial charge is 0.319 e. The highest BCUT2D eigenvalue weighted by Gasteiger charge is 2.31. The molecule has 0 radical (unpaired) electrons. The molecule has 0 spiro atoms. The van der Waals surface area contributed by atoms with Crippen molar-refractivity contribution < 1.29 is 26.3 Å². The van der Waals surface area contributed by atoms with Gasteiger partial charge in [0.15, 0.2) is 0 Å². The molecular formula is C27H28N6O6S2. The lowest BCUT2D eigenvalue weighted by Gasteiger charge is -2.17. The Bertz CT molecular complexity index is 1860. The number of hydrogen-bond donors (Lipinski definition) is 3. The second kappa shape index (κ2) is 10.5. The van der Waals surface area contributed by atoms with E-state index in [1.807, 2.05) is 0 Å². The zero-order chi connectivity index (χ0) is 28.8. The van der Waals surface area contributed by atoms with Crippen LogP contribution in [0.4, 0.5) is 11.4 Å². The molecule has 6 rings (SSSR count). The molecule has 4 aromatic rings. The summed E-state index contributed by atoms with van der Waals surface area (Å²) in [5, 5.41) is 3.69. The summed E-state index contributed by atoms with van der Waals surface area (Å²) in [4.78, 5) is 12.9. The maximum absolute atomic E-state index is 13.4. The van der Waals surface area contributed by atoms with E-state index in [-0.39, 0.29) is 33.6 Å². The van der Waals surface area contributed by atoms with Crippen molar-refractivity contribution in [3.63, 3.8) is 0 Å². The molecular weight excluding hydrogens is 568 g/mol. The van der Waals surface area contributed by atoms with Crippen molar-refractivity contribution in [2.75, 3.05) is 19.5 Å². The van der Waals surface area contributed by atoms with E-state index in [1.165, 1.54) is 32.5 Å². The number of hydrogen-bond acceptors (Lipinski definition) is 10. The van der Waals surface area contributed by atoms with Crippen LogP contribution < -0.4 is 24.2 Å². The maximum Gasteiger partial charge on any atom is 0.319 e. The molecule has 0 atom stereocenters. The molecule has 2 fully saturated rings. The second-order valence-corrected chi connectivity index (χ2v) is 13.3. The van der Waals surface area contributed by atoms with Crippen molar-refractivity contribution in [3.05, 3.63) is 54.9 Å². The number of nitrogens with zero attached hydrogens (tertiary/aromatic N) is 3. The molecule has 2 heterocycles. The minimum absolute atomic E-state index is 0.0422.